The van der Waals surface area contributed by atoms with E-state index in [9.17, 15) is 9.90 Å². The third kappa shape index (κ3) is 2.38. The predicted molar refractivity (Wildman–Crippen MR) is 52.1 cm³/mol. The van der Waals surface area contributed by atoms with Crippen LogP contribution in [0.3, 0.4) is 0 Å². The zero-order valence-electron chi connectivity index (χ0n) is 8.43. The minimum absolute atomic E-state index is 0.200. The number of aliphatic hydroxyl groups excluding tert-OH is 1. The summed E-state index contributed by atoms with van der Waals surface area (Å²) in [5.74, 6) is -0.504. The van der Waals surface area contributed by atoms with Crippen LogP contribution < -0.4 is 9.47 Å². The van der Waals surface area contributed by atoms with Crippen LogP contribution in [-0.4, -0.2) is 30.4 Å². The van der Waals surface area contributed by atoms with Gasteiger partial charge in [-0.25, -0.2) is 4.79 Å². The van der Waals surface area contributed by atoms with Gasteiger partial charge >= 0.3 is 5.97 Å². The molecule has 0 spiro atoms. The fourth-order valence-corrected chi connectivity index (χ4v) is 1.18. The van der Waals surface area contributed by atoms with E-state index in [1.54, 1.807) is 6.07 Å². The number of hydrogen-bond donors (Lipinski definition) is 2. The first-order valence-electron chi connectivity index (χ1n) is 4.23. The van der Waals surface area contributed by atoms with Crippen molar-refractivity contribution in [3.8, 4) is 11.5 Å². The Hall–Kier alpha value is -1.75. The standard InChI is InChI=1S/C10H12O5/c1-14-6-3-4-7(8(5-6)15-2)9(11)10(12)13/h3-5,9,11H,1-2H3,(H,12,13)/t9-/m0/s1. The van der Waals surface area contributed by atoms with Crippen LogP contribution >= 0.6 is 0 Å². The Bertz CT molecular complexity index is 361. The molecule has 1 atom stereocenters. The Labute approximate surface area is 86.9 Å². The van der Waals surface area contributed by atoms with Crippen molar-refractivity contribution >= 4 is 5.97 Å². The molecule has 5 nitrogen and oxygen atoms in total. The molecule has 1 aromatic carbocycles. The molecule has 0 aliphatic carbocycles. The van der Waals surface area contributed by atoms with E-state index in [4.69, 9.17) is 14.6 Å². The Morgan fingerprint density at radius 3 is 2.47 bits per heavy atom. The number of aliphatic hydroxyl groups is 1. The molecule has 0 amide bonds. The molecule has 0 aliphatic rings. The van der Waals surface area contributed by atoms with Gasteiger partial charge in [0.05, 0.1) is 14.2 Å². The van der Waals surface area contributed by atoms with Crippen molar-refractivity contribution in [1.82, 2.24) is 0 Å². The topological polar surface area (TPSA) is 76.0 Å². The van der Waals surface area contributed by atoms with Crippen LogP contribution in [0.5, 0.6) is 11.5 Å². The Balaban J connectivity index is 3.12. The molecule has 15 heavy (non-hydrogen) atoms. The van der Waals surface area contributed by atoms with Crippen LogP contribution in [-0.2, 0) is 4.79 Å². The van der Waals surface area contributed by atoms with Gasteiger partial charge in [0.2, 0.25) is 0 Å². The highest BCUT2D eigenvalue weighted by Gasteiger charge is 2.20. The van der Waals surface area contributed by atoms with Gasteiger partial charge in [-0.05, 0) is 12.1 Å². The summed E-state index contributed by atoms with van der Waals surface area (Å²) < 4.78 is 9.90. The predicted octanol–water partition coefficient (Wildman–Crippen LogP) is 0.822. The fraction of sp³-hybridized carbons (Fsp3) is 0.300. The summed E-state index contributed by atoms with van der Waals surface area (Å²) in [4.78, 5) is 10.6. The van der Waals surface area contributed by atoms with Gasteiger partial charge in [0.1, 0.15) is 11.5 Å². The zero-order valence-corrected chi connectivity index (χ0v) is 8.43. The summed E-state index contributed by atoms with van der Waals surface area (Å²) in [5.41, 5.74) is 0.200. The SMILES string of the molecule is COc1ccc([C@H](O)C(=O)O)c(OC)c1. The average molecular weight is 212 g/mol. The van der Waals surface area contributed by atoms with E-state index in [1.165, 1.54) is 26.4 Å². The van der Waals surface area contributed by atoms with Gasteiger partial charge in [-0.15, -0.1) is 0 Å². The van der Waals surface area contributed by atoms with Gasteiger partial charge in [-0.3, -0.25) is 0 Å². The van der Waals surface area contributed by atoms with E-state index in [-0.39, 0.29) is 11.3 Å². The lowest BCUT2D eigenvalue weighted by atomic mass is 10.1. The molecule has 0 unspecified atom stereocenters. The molecule has 82 valence electrons. The third-order valence-corrected chi connectivity index (χ3v) is 1.97. The first-order chi connectivity index (χ1) is 7.10. The second-order valence-electron chi connectivity index (χ2n) is 2.85. The second kappa shape index (κ2) is 4.65. The lowest BCUT2D eigenvalue weighted by Crippen LogP contribution is -2.11. The number of benzene rings is 1. The zero-order chi connectivity index (χ0) is 11.4. The van der Waals surface area contributed by atoms with Crippen molar-refractivity contribution in [3.63, 3.8) is 0 Å². The van der Waals surface area contributed by atoms with Gasteiger partial charge in [0.15, 0.2) is 6.10 Å². The lowest BCUT2D eigenvalue weighted by molar-refractivity contribution is -0.147. The molecule has 0 fully saturated rings. The minimum Gasteiger partial charge on any atom is -0.497 e. The summed E-state index contributed by atoms with van der Waals surface area (Å²) in [6, 6.07) is 4.53. The van der Waals surface area contributed by atoms with Gasteiger partial charge in [0.25, 0.3) is 0 Å². The summed E-state index contributed by atoms with van der Waals surface area (Å²) in [7, 11) is 2.88. The molecule has 0 heterocycles. The van der Waals surface area contributed by atoms with Crippen molar-refractivity contribution in [2.24, 2.45) is 0 Å². The Kier molecular flexibility index (Phi) is 3.51. The average Bonchev–Trinajstić information content (AvgIpc) is 2.27. The molecule has 0 bridgehead atoms. The summed E-state index contributed by atoms with van der Waals surface area (Å²) in [6.07, 6.45) is -1.59. The van der Waals surface area contributed by atoms with E-state index < -0.39 is 12.1 Å². The van der Waals surface area contributed by atoms with Crippen molar-refractivity contribution < 1.29 is 24.5 Å². The maximum atomic E-state index is 10.6. The molecule has 0 saturated carbocycles. The van der Waals surface area contributed by atoms with E-state index in [2.05, 4.69) is 0 Å². The highest BCUT2D eigenvalue weighted by atomic mass is 16.5. The first-order valence-corrected chi connectivity index (χ1v) is 4.23. The molecule has 1 aromatic rings. The maximum absolute atomic E-state index is 10.6. The quantitative estimate of drug-likeness (QED) is 0.772. The molecule has 0 radical (unpaired) electrons. The van der Waals surface area contributed by atoms with Crippen molar-refractivity contribution in [3.05, 3.63) is 23.8 Å². The van der Waals surface area contributed by atoms with Crippen LogP contribution in [0.25, 0.3) is 0 Å². The van der Waals surface area contributed by atoms with Crippen LogP contribution in [0.1, 0.15) is 11.7 Å². The van der Waals surface area contributed by atoms with Gasteiger partial charge in [-0.1, -0.05) is 0 Å². The largest absolute Gasteiger partial charge is 0.497 e. The van der Waals surface area contributed by atoms with Crippen LogP contribution in [0.15, 0.2) is 18.2 Å². The number of methoxy groups -OCH3 is 2. The van der Waals surface area contributed by atoms with Crippen LogP contribution in [0, 0.1) is 0 Å². The second-order valence-corrected chi connectivity index (χ2v) is 2.85. The van der Waals surface area contributed by atoms with Gasteiger partial charge in [0, 0.05) is 11.6 Å². The minimum atomic E-state index is -1.59. The van der Waals surface area contributed by atoms with E-state index in [1.807, 2.05) is 0 Å². The smallest absolute Gasteiger partial charge is 0.337 e. The number of rotatable bonds is 4. The number of hydrogen-bond acceptors (Lipinski definition) is 4. The van der Waals surface area contributed by atoms with Crippen LogP contribution in [0.4, 0.5) is 0 Å². The molecule has 0 saturated heterocycles. The molecule has 0 aromatic heterocycles. The van der Waals surface area contributed by atoms with Crippen molar-refractivity contribution in [2.75, 3.05) is 14.2 Å². The molecular formula is C10H12O5. The van der Waals surface area contributed by atoms with Crippen molar-refractivity contribution in [2.45, 2.75) is 6.10 Å². The third-order valence-electron chi connectivity index (χ3n) is 1.97. The summed E-state index contributed by atoms with van der Waals surface area (Å²) in [6.45, 7) is 0. The molecule has 2 N–H and O–H groups in total. The Morgan fingerprint density at radius 2 is 2.00 bits per heavy atom. The monoisotopic (exact) mass is 212 g/mol. The van der Waals surface area contributed by atoms with Gasteiger partial charge in [-0.2, -0.15) is 0 Å². The van der Waals surface area contributed by atoms with E-state index >= 15 is 0 Å². The molecule has 5 heteroatoms. The number of carboxylic acids is 1. The summed E-state index contributed by atoms with van der Waals surface area (Å²) in [5, 5.41) is 18.0. The first kappa shape index (κ1) is 11.3. The maximum Gasteiger partial charge on any atom is 0.337 e. The Morgan fingerprint density at radius 1 is 1.33 bits per heavy atom. The highest BCUT2D eigenvalue weighted by molar-refractivity contribution is 5.75. The number of ether oxygens (including phenoxy) is 2. The van der Waals surface area contributed by atoms with E-state index in [0.29, 0.717) is 5.75 Å². The van der Waals surface area contributed by atoms with Crippen molar-refractivity contribution in [1.29, 1.82) is 0 Å². The van der Waals surface area contributed by atoms with E-state index in [0.717, 1.165) is 0 Å². The number of carbonyl (C=O) groups is 1. The lowest BCUT2D eigenvalue weighted by Gasteiger charge is -2.12. The van der Waals surface area contributed by atoms with Crippen LogP contribution in [0.2, 0.25) is 0 Å². The summed E-state index contributed by atoms with van der Waals surface area (Å²) >= 11 is 0. The number of carboxylic acid groups (broad SMARTS) is 1. The fourth-order valence-electron chi connectivity index (χ4n) is 1.18. The molecule has 1 rings (SSSR count). The molecule has 0 aliphatic heterocycles. The van der Waals surface area contributed by atoms with Gasteiger partial charge < -0.3 is 19.7 Å². The normalized spacial score (nSPS) is 11.9. The number of aliphatic carboxylic acids is 1. The molecular weight excluding hydrogens is 200 g/mol. The highest BCUT2D eigenvalue weighted by Crippen LogP contribution is 2.29.